The van der Waals surface area contributed by atoms with E-state index in [2.05, 4.69) is 25.6 Å². The quantitative estimate of drug-likeness (QED) is 0.726. The van der Waals surface area contributed by atoms with Gasteiger partial charge in [-0.05, 0) is 60.7 Å². The van der Waals surface area contributed by atoms with Gasteiger partial charge in [0.05, 0.1) is 22.7 Å². The van der Waals surface area contributed by atoms with Crippen LogP contribution in [0.1, 0.15) is 49.0 Å². The number of nitrogens with zero attached hydrogens (tertiary/aromatic N) is 2. The number of benzene rings is 1. The molecule has 1 aliphatic carbocycles. The molecule has 3 rings (SSSR count). The molecule has 2 atom stereocenters. The minimum atomic E-state index is -3.49. The molecule has 0 aliphatic heterocycles. The number of sulfonamides is 1. The van der Waals surface area contributed by atoms with Crippen LogP contribution in [0.25, 0.3) is 0 Å². The van der Waals surface area contributed by atoms with Crippen LogP contribution in [0.2, 0.25) is 0 Å². The summed E-state index contributed by atoms with van der Waals surface area (Å²) in [6.45, 7) is 3.76. The Kier molecular flexibility index (Phi) is 6.07. The number of rotatable bonds is 5. The lowest BCUT2D eigenvalue weighted by atomic mass is 9.79. The Hall–Kier alpha value is -1.58. The van der Waals surface area contributed by atoms with Gasteiger partial charge in [0.2, 0.25) is 10.0 Å². The van der Waals surface area contributed by atoms with E-state index in [4.69, 9.17) is 0 Å². The number of nitrogens with one attached hydrogen (secondary N) is 1. The highest BCUT2D eigenvalue weighted by Gasteiger charge is 2.35. The van der Waals surface area contributed by atoms with Crippen LogP contribution < -0.4 is 10.3 Å². The average molecular weight is 472 g/mol. The molecule has 0 fully saturated rings. The van der Waals surface area contributed by atoms with Gasteiger partial charge in [0, 0.05) is 23.6 Å². The van der Waals surface area contributed by atoms with Crippen molar-refractivity contribution in [1.29, 1.82) is 0 Å². The van der Waals surface area contributed by atoms with Gasteiger partial charge in [-0.15, -0.1) is 0 Å². The Morgan fingerprint density at radius 2 is 2.11 bits per heavy atom. The summed E-state index contributed by atoms with van der Waals surface area (Å²) in [5.41, 5.74) is 1.36. The van der Waals surface area contributed by atoms with Crippen molar-refractivity contribution in [2.75, 3.05) is 6.26 Å². The molecule has 0 spiro atoms. The second-order valence-electron chi connectivity index (χ2n) is 7.47. The Bertz CT molecular complexity index is 1050. The van der Waals surface area contributed by atoms with Gasteiger partial charge in [-0.25, -0.2) is 22.5 Å². The van der Waals surface area contributed by atoms with Gasteiger partial charge < -0.3 is 0 Å². The van der Waals surface area contributed by atoms with Gasteiger partial charge in [-0.2, -0.15) is 0 Å². The number of hydrogen-bond donors (Lipinski definition) is 1. The van der Waals surface area contributed by atoms with Crippen LogP contribution in [-0.2, 0) is 22.9 Å². The summed E-state index contributed by atoms with van der Waals surface area (Å²) < 4.78 is 42.9. The second-order valence-corrected chi connectivity index (χ2v) is 10.1. The fraction of sp³-hybridized carbons (Fsp3) is 0.474. The molecular formula is C19H23BrFN3O3S. The number of hydrogen-bond acceptors (Lipinski definition) is 4. The molecule has 6 nitrogen and oxygen atoms in total. The molecule has 9 heteroatoms. The van der Waals surface area contributed by atoms with Crippen molar-refractivity contribution in [2.45, 2.75) is 51.1 Å². The predicted molar refractivity (Wildman–Crippen MR) is 110 cm³/mol. The molecule has 0 unspecified atom stereocenters. The van der Waals surface area contributed by atoms with E-state index in [-0.39, 0.29) is 18.0 Å². The first-order chi connectivity index (χ1) is 13.1. The number of aromatic nitrogens is 2. The van der Waals surface area contributed by atoms with Crippen LogP contribution in [0.4, 0.5) is 4.39 Å². The number of fused-ring (bicyclic) bond motifs is 1. The van der Waals surface area contributed by atoms with Crippen molar-refractivity contribution in [3.63, 3.8) is 0 Å². The van der Waals surface area contributed by atoms with E-state index in [0.717, 1.165) is 6.26 Å². The average Bonchev–Trinajstić information content (AvgIpc) is 2.59. The Morgan fingerprint density at radius 3 is 2.75 bits per heavy atom. The van der Waals surface area contributed by atoms with Crippen molar-refractivity contribution in [3.05, 3.63) is 62.0 Å². The summed E-state index contributed by atoms with van der Waals surface area (Å²) in [6.07, 6.45) is 3.82. The lowest BCUT2D eigenvalue weighted by Crippen LogP contribution is -2.45. The molecule has 0 saturated carbocycles. The van der Waals surface area contributed by atoms with Crippen molar-refractivity contribution in [1.82, 2.24) is 14.3 Å². The molecule has 1 aliphatic rings. The van der Waals surface area contributed by atoms with Crippen LogP contribution in [0, 0.1) is 5.82 Å². The molecule has 1 N–H and O–H groups in total. The largest absolute Gasteiger partial charge is 0.296 e. The van der Waals surface area contributed by atoms with Crippen LogP contribution in [0.5, 0.6) is 0 Å². The molecule has 1 heterocycles. The minimum Gasteiger partial charge on any atom is -0.296 e. The highest BCUT2D eigenvalue weighted by Crippen LogP contribution is 2.33. The van der Waals surface area contributed by atoms with E-state index in [9.17, 15) is 17.6 Å². The zero-order chi connectivity index (χ0) is 20.6. The van der Waals surface area contributed by atoms with Gasteiger partial charge >= 0.3 is 0 Å². The maximum Gasteiger partial charge on any atom is 0.257 e. The smallest absolute Gasteiger partial charge is 0.257 e. The second kappa shape index (κ2) is 8.04. The predicted octanol–water partition coefficient (Wildman–Crippen LogP) is 2.92. The highest BCUT2D eigenvalue weighted by molar-refractivity contribution is 9.10. The lowest BCUT2D eigenvalue weighted by Gasteiger charge is -2.33. The molecule has 152 valence electrons. The Morgan fingerprint density at radius 1 is 1.39 bits per heavy atom. The third-order valence-corrected chi connectivity index (χ3v) is 6.40. The fourth-order valence-electron chi connectivity index (χ4n) is 3.75. The molecule has 0 saturated heterocycles. The monoisotopic (exact) mass is 471 g/mol. The van der Waals surface area contributed by atoms with Gasteiger partial charge in [0.15, 0.2) is 0 Å². The van der Waals surface area contributed by atoms with E-state index in [0.29, 0.717) is 34.1 Å². The maximum absolute atomic E-state index is 14.6. The number of aryl methyl sites for hydroxylation is 1. The van der Waals surface area contributed by atoms with Gasteiger partial charge in [-0.3, -0.25) is 9.36 Å². The summed E-state index contributed by atoms with van der Waals surface area (Å²) in [5.74, 6) is -0.908. The summed E-state index contributed by atoms with van der Waals surface area (Å²) in [6, 6.07) is 4.40. The first-order valence-electron chi connectivity index (χ1n) is 9.08. The first-order valence-corrected chi connectivity index (χ1v) is 11.8. The minimum absolute atomic E-state index is 0.0863. The van der Waals surface area contributed by atoms with Crippen molar-refractivity contribution < 1.29 is 12.8 Å². The van der Waals surface area contributed by atoms with E-state index in [1.807, 2.05) is 13.8 Å². The summed E-state index contributed by atoms with van der Waals surface area (Å²) in [7, 11) is -3.49. The maximum atomic E-state index is 14.6. The third-order valence-electron chi connectivity index (χ3n) is 5.06. The standard InChI is InChI=1S/C19H23BrFN3O3S/c1-11(2)24-10-22-16-8-7-15(23-28(3,26)27)13(17(16)19(24)25)9-12-5-4-6-14(20)18(12)21/h4-6,10-11,13,15,23H,7-9H2,1-3H3/t13-,15-/m1/s1. The molecule has 0 bridgehead atoms. The molecule has 0 amide bonds. The molecule has 2 aromatic rings. The van der Waals surface area contributed by atoms with Crippen molar-refractivity contribution in [2.24, 2.45) is 0 Å². The molecular weight excluding hydrogens is 449 g/mol. The zero-order valence-electron chi connectivity index (χ0n) is 15.9. The first kappa shape index (κ1) is 21.1. The third kappa shape index (κ3) is 4.36. The van der Waals surface area contributed by atoms with Crippen LogP contribution in [-0.4, -0.2) is 30.3 Å². The lowest BCUT2D eigenvalue weighted by molar-refractivity contribution is 0.409. The van der Waals surface area contributed by atoms with E-state index in [1.54, 1.807) is 18.2 Å². The van der Waals surface area contributed by atoms with Crippen LogP contribution >= 0.6 is 15.9 Å². The Labute approximate surface area is 172 Å². The Balaban J connectivity index is 2.14. The van der Waals surface area contributed by atoms with Gasteiger partial charge in [-0.1, -0.05) is 12.1 Å². The fourth-order valence-corrected chi connectivity index (χ4v) is 4.99. The normalized spacial score (nSPS) is 19.6. The van der Waals surface area contributed by atoms with Crippen molar-refractivity contribution in [3.8, 4) is 0 Å². The zero-order valence-corrected chi connectivity index (χ0v) is 18.3. The summed E-state index contributed by atoms with van der Waals surface area (Å²) in [4.78, 5) is 17.6. The summed E-state index contributed by atoms with van der Waals surface area (Å²) in [5, 5.41) is 0. The topological polar surface area (TPSA) is 81.1 Å². The van der Waals surface area contributed by atoms with Crippen LogP contribution in [0.3, 0.4) is 0 Å². The molecule has 0 radical (unpaired) electrons. The van der Waals surface area contributed by atoms with Crippen molar-refractivity contribution >= 4 is 26.0 Å². The van der Waals surface area contributed by atoms with Gasteiger partial charge in [0.25, 0.3) is 5.56 Å². The van der Waals surface area contributed by atoms with E-state index in [1.165, 1.54) is 10.9 Å². The SMILES string of the molecule is CC(C)n1cnc2c(c1=O)[C@H](Cc1cccc(Br)c1F)[C@H](NS(C)(=O)=O)CC2. The summed E-state index contributed by atoms with van der Waals surface area (Å²) >= 11 is 3.19. The van der Waals surface area contributed by atoms with E-state index >= 15 is 0 Å². The van der Waals surface area contributed by atoms with Gasteiger partial charge in [0.1, 0.15) is 5.82 Å². The number of halogens is 2. The molecule has 28 heavy (non-hydrogen) atoms. The van der Waals surface area contributed by atoms with Crippen LogP contribution in [0.15, 0.2) is 33.8 Å². The molecule has 1 aromatic heterocycles. The van der Waals surface area contributed by atoms with E-state index < -0.39 is 27.8 Å². The highest BCUT2D eigenvalue weighted by atomic mass is 79.9. The molecule has 1 aromatic carbocycles.